The standard InChI is InChI=1S/C19H22N2O4/c1-25-16-9-5-2-6-13(16)10-11-20-17(22)12-21-18(23)14-7-3-4-8-15(14)19(21)24/h2-6,9,14-15H,7-8,10-12H2,1H3,(H,20,22)/t14-,15+. The Morgan fingerprint density at radius 2 is 1.80 bits per heavy atom. The number of nitrogens with zero attached hydrogens (tertiary/aromatic N) is 1. The smallest absolute Gasteiger partial charge is 0.240 e. The summed E-state index contributed by atoms with van der Waals surface area (Å²) in [5.41, 5.74) is 0.996. The third-order valence-corrected chi connectivity index (χ3v) is 4.81. The number of hydrogen-bond donors (Lipinski definition) is 1. The van der Waals surface area contributed by atoms with Crippen LogP contribution in [0.2, 0.25) is 0 Å². The fraction of sp³-hybridized carbons (Fsp3) is 0.421. The van der Waals surface area contributed by atoms with Crippen LogP contribution in [-0.2, 0) is 20.8 Å². The molecule has 0 saturated carbocycles. The highest BCUT2D eigenvalue weighted by Gasteiger charge is 2.47. The van der Waals surface area contributed by atoms with Gasteiger partial charge in [0, 0.05) is 6.54 Å². The maximum Gasteiger partial charge on any atom is 0.240 e. The summed E-state index contributed by atoms with van der Waals surface area (Å²) in [5, 5.41) is 2.78. The Balaban J connectivity index is 1.51. The lowest BCUT2D eigenvalue weighted by Gasteiger charge is -2.14. The van der Waals surface area contributed by atoms with Gasteiger partial charge in [-0.25, -0.2) is 0 Å². The first-order valence-electron chi connectivity index (χ1n) is 8.50. The Morgan fingerprint density at radius 1 is 1.16 bits per heavy atom. The van der Waals surface area contributed by atoms with E-state index in [1.807, 2.05) is 36.4 Å². The van der Waals surface area contributed by atoms with Crippen molar-refractivity contribution in [2.45, 2.75) is 19.3 Å². The van der Waals surface area contributed by atoms with Crippen LogP contribution in [0.25, 0.3) is 0 Å². The molecule has 1 saturated heterocycles. The number of hydrogen-bond acceptors (Lipinski definition) is 4. The maximum atomic E-state index is 12.3. The van der Waals surface area contributed by atoms with Gasteiger partial charge in [-0.15, -0.1) is 0 Å². The molecule has 132 valence electrons. The molecule has 0 aromatic heterocycles. The minimum absolute atomic E-state index is 0.198. The molecule has 1 aromatic carbocycles. The number of allylic oxidation sites excluding steroid dienone is 2. The van der Waals surface area contributed by atoms with Crippen molar-refractivity contribution in [3.8, 4) is 5.75 Å². The number of para-hydroxylation sites is 1. The van der Waals surface area contributed by atoms with E-state index in [9.17, 15) is 14.4 Å². The molecule has 1 aromatic rings. The molecule has 2 aliphatic rings. The lowest BCUT2D eigenvalue weighted by atomic mass is 9.85. The molecule has 1 N–H and O–H groups in total. The highest BCUT2D eigenvalue weighted by atomic mass is 16.5. The Bertz CT molecular complexity index is 687. The van der Waals surface area contributed by atoms with Gasteiger partial charge in [-0.1, -0.05) is 30.4 Å². The highest BCUT2D eigenvalue weighted by Crippen LogP contribution is 2.34. The average molecular weight is 342 g/mol. The summed E-state index contributed by atoms with van der Waals surface area (Å²) in [5.74, 6) is -0.572. The lowest BCUT2D eigenvalue weighted by Crippen LogP contribution is -2.41. The lowest BCUT2D eigenvalue weighted by molar-refractivity contribution is -0.143. The number of imide groups is 1. The van der Waals surface area contributed by atoms with Crippen molar-refractivity contribution in [1.29, 1.82) is 0 Å². The van der Waals surface area contributed by atoms with Crippen molar-refractivity contribution in [3.63, 3.8) is 0 Å². The molecule has 1 aliphatic heterocycles. The van der Waals surface area contributed by atoms with E-state index in [1.165, 1.54) is 0 Å². The quantitative estimate of drug-likeness (QED) is 0.625. The first-order chi connectivity index (χ1) is 12.1. The third-order valence-electron chi connectivity index (χ3n) is 4.81. The molecule has 3 rings (SSSR count). The normalized spacial score (nSPS) is 22.0. The van der Waals surface area contributed by atoms with E-state index in [1.54, 1.807) is 7.11 Å². The fourth-order valence-electron chi connectivity index (χ4n) is 3.47. The Hall–Kier alpha value is -2.63. The number of carbonyl (C=O) groups excluding carboxylic acids is 3. The average Bonchev–Trinajstić information content (AvgIpc) is 2.87. The molecule has 6 nitrogen and oxygen atoms in total. The second kappa shape index (κ2) is 7.51. The zero-order valence-corrected chi connectivity index (χ0v) is 14.2. The SMILES string of the molecule is COc1ccccc1CCNC(=O)CN1C(=O)[C@H]2CC=CC[C@H]2C1=O. The van der Waals surface area contributed by atoms with Crippen LogP contribution in [0.15, 0.2) is 36.4 Å². The molecule has 0 radical (unpaired) electrons. The molecule has 3 amide bonds. The van der Waals surface area contributed by atoms with Crippen molar-refractivity contribution in [2.75, 3.05) is 20.2 Å². The first kappa shape index (κ1) is 17.2. The number of ether oxygens (including phenoxy) is 1. The van der Waals surface area contributed by atoms with Gasteiger partial charge in [0.2, 0.25) is 17.7 Å². The number of amides is 3. The van der Waals surface area contributed by atoms with Gasteiger partial charge in [0.25, 0.3) is 0 Å². The molecule has 0 spiro atoms. The van der Waals surface area contributed by atoms with Gasteiger partial charge < -0.3 is 10.1 Å². The Kier molecular flexibility index (Phi) is 5.16. The number of likely N-dealkylation sites (tertiary alicyclic amines) is 1. The van der Waals surface area contributed by atoms with Crippen LogP contribution in [0.4, 0.5) is 0 Å². The molecule has 1 heterocycles. The summed E-state index contributed by atoms with van der Waals surface area (Å²) in [6.07, 6.45) is 5.65. The van der Waals surface area contributed by atoms with Crippen LogP contribution in [0.1, 0.15) is 18.4 Å². The molecular weight excluding hydrogens is 320 g/mol. The molecule has 0 unspecified atom stereocenters. The van der Waals surface area contributed by atoms with E-state index < -0.39 is 0 Å². The highest BCUT2D eigenvalue weighted by molar-refractivity contribution is 6.07. The monoisotopic (exact) mass is 342 g/mol. The number of fused-ring (bicyclic) bond motifs is 1. The van der Waals surface area contributed by atoms with Gasteiger partial charge in [-0.2, -0.15) is 0 Å². The largest absolute Gasteiger partial charge is 0.496 e. The van der Waals surface area contributed by atoms with E-state index in [0.29, 0.717) is 25.8 Å². The summed E-state index contributed by atoms with van der Waals surface area (Å²) >= 11 is 0. The molecule has 25 heavy (non-hydrogen) atoms. The molecular formula is C19H22N2O4. The van der Waals surface area contributed by atoms with E-state index in [-0.39, 0.29) is 36.1 Å². The van der Waals surface area contributed by atoms with Crippen molar-refractivity contribution >= 4 is 17.7 Å². The van der Waals surface area contributed by atoms with Gasteiger partial charge in [0.15, 0.2) is 0 Å². The fourth-order valence-corrected chi connectivity index (χ4v) is 3.47. The minimum atomic E-state index is -0.316. The van der Waals surface area contributed by atoms with Gasteiger partial charge in [0.05, 0.1) is 18.9 Å². The molecule has 2 atom stereocenters. The predicted octanol–water partition coefficient (Wildman–Crippen LogP) is 1.31. The zero-order chi connectivity index (χ0) is 17.8. The van der Waals surface area contributed by atoms with Crippen molar-refractivity contribution in [1.82, 2.24) is 10.2 Å². The Morgan fingerprint density at radius 3 is 2.44 bits per heavy atom. The van der Waals surface area contributed by atoms with Crippen LogP contribution >= 0.6 is 0 Å². The van der Waals surface area contributed by atoms with E-state index in [0.717, 1.165) is 16.2 Å². The summed E-state index contributed by atoms with van der Waals surface area (Å²) < 4.78 is 5.28. The second-order valence-electron chi connectivity index (χ2n) is 6.33. The molecule has 0 bridgehead atoms. The molecule has 1 aliphatic carbocycles. The van der Waals surface area contributed by atoms with Crippen LogP contribution < -0.4 is 10.1 Å². The van der Waals surface area contributed by atoms with Crippen LogP contribution in [0.3, 0.4) is 0 Å². The molecule has 6 heteroatoms. The number of benzene rings is 1. The number of carbonyl (C=O) groups is 3. The van der Waals surface area contributed by atoms with Crippen LogP contribution in [0, 0.1) is 11.8 Å². The van der Waals surface area contributed by atoms with E-state index >= 15 is 0 Å². The van der Waals surface area contributed by atoms with E-state index in [2.05, 4.69) is 5.32 Å². The maximum absolute atomic E-state index is 12.3. The summed E-state index contributed by atoms with van der Waals surface area (Å²) in [7, 11) is 1.61. The van der Waals surface area contributed by atoms with Gasteiger partial charge >= 0.3 is 0 Å². The van der Waals surface area contributed by atoms with Crippen LogP contribution in [-0.4, -0.2) is 42.8 Å². The number of nitrogens with one attached hydrogen (secondary N) is 1. The predicted molar refractivity (Wildman–Crippen MR) is 91.8 cm³/mol. The number of methoxy groups -OCH3 is 1. The van der Waals surface area contributed by atoms with Crippen molar-refractivity contribution in [2.24, 2.45) is 11.8 Å². The zero-order valence-electron chi connectivity index (χ0n) is 14.2. The number of rotatable bonds is 6. The first-order valence-corrected chi connectivity index (χ1v) is 8.50. The van der Waals surface area contributed by atoms with Crippen molar-refractivity contribution < 1.29 is 19.1 Å². The summed E-state index contributed by atoms with van der Waals surface area (Å²) in [6.45, 7) is 0.223. The minimum Gasteiger partial charge on any atom is -0.496 e. The second-order valence-corrected chi connectivity index (χ2v) is 6.33. The van der Waals surface area contributed by atoms with E-state index in [4.69, 9.17) is 4.74 Å². The van der Waals surface area contributed by atoms with Crippen molar-refractivity contribution in [3.05, 3.63) is 42.0 Å². The van der Waals surface area contributed by atoms with Gasteiger partial charge in [-0.3, -0.25) is 19.3 Å². The van der Waals surface area contributed by atoms with Gasteiger partial charge in [0.1, 0.15) is 12.3 Å². The molecule has 1 fully saturated rings. The van der Waals surface area contributed by atoms with Gasteiger partial charge in [-0.05, 0) is 30.9 Å². The third kappa shape index (κ3) is 3.57. The summed E-state index contributed by atoms with van der Waals surface area (Å²) in [6, 6.07) is 7.61. The topological polar surface area (TPSA) is 75.7 Å². The van der Waals surface area contributed by atoms with Crippen LogP contribution in [0.5, 0.6) is 5.75 Å². The summed E-state index contributed by atoms with van der Waals surface area (Å²) in [4.78, 5) is 37.9. The Labute approximate surface area is 146 Å².